The zero-order valence-corrected chi connectivity index (χ0v) is 17.6. The first-order chi connectivity index (χ1) is 13.8. The van der Waals surface area contributed by atoms with Crippen LogP contribution in [0.3, 0.4) is 0 Å². The Morgan fingerprint density at radius 1 is 1.23 bits per heavy atom. The van der Waals surface area contributed by atoms with Crippen LogP contribution in [0.4, 0.5) is 23.2 Å². The number of para-hydroxylation sites is 1. The van der Waals surface area contributed by atoms with E-state index in [4.69, 9.17) is 28.9 Å². The highest BCUT2D eigenvalue weighted by molar-refractivity contribution is 7.89. The fraction of sp³-hybridized carbons (Fsp3) is 0.222. The summed E-state index contributed by atoms with van der Waals surface area (Å²) in [6, 6.07) is 3.63. The Morgan fingerprint density at radius 2 is 1.90 bits per heavy atom. The third kappa shape index (κ3) is 4.36. The lowest BCUT2D eigenvalue weighted by molar-refractivity contribution is -0.154. The standard InChI is InChI=1S/C18H15Cl2F4N3O2S/c1-9-7-27(16-11(9)3-2-4-13(16)21)8-15(18(22,23)24)26-30(28,29)17-12(20)5-10(19)6-14(17)25/h2-7,15,26H,8,25H2,1H3. The number of alkyl halides is 3. The fourth-order valence-electron chi connectivity index (χ4n) is 3.15. The first kappa shape index (κ1) is 22.7. The number of hydrogen-bond donors (Lipinski definition) is 2. The van der Waals surface area contributed by atoms with E-state index in [2.05, 4.69) is 0 Å². The van der Waals surface area contributed by atoms with Crippen LogP contribution in [0.25, 0.3) is 10.9 Å². The summed E-state index contributed by atoms with van der Waals surface area (Å²) in [7, 11) is -4.79. The molecule has 1 unspecified atom stereocenters. The largest absolute Gasteiger partial charge is 0.406 e. The first-order valence-corrected chi connectivity index (χ1v) is 10.6. The maximum absolute atomic E-state index is 14.3. The number of aryl methyl sites for hydroxylation is 1. The molecule has 0 saturated carbocycles. The number of halogens is 6. The molecular formula is C18H15Cl2F4N3O2S. The predicted molar refractivity (Wildman–Crippen MR) is 108 cm³/mol. The highest BCUT2D eigenvalue weighted by atomic mass is 35.5. The van der Waals surface area contributed by atoms with Crippen molar-refractivity contribution in [1.82, 2.24) is 9.29 Å². The van der Waals surface area contributed by atoms with E-state index >= 15 is 0 Å². The van der Waals surface area contributed by atoms with Gasteiger partial charge in [0.1, 0.15) is 16.8 Å². The maximum Gasteiger partial charge on any atom is 0.406 e. The van der Waals surface area contributed by atoms with Gasteiger partial charge in [0.05, 0.1) is 16.2 Å². The smallest absolute Gasteiger partial charge is 0.398 e. The van der Waals surface area contributed by atoms with Crippen LogP contribution < -0.4 is 10.5 Å². The number of benzene rings is 2. The number of rotatable bonds is 5. The number of hydrogen-bond acceptors (Lipinski definition) is 3. The van der Waals surface area contributed by atoms with E-state index in [0.29, 0.717) is 10.9 Å². The molecule has 1 aromatic heterocycles. The molecule has 30 heavy (non-hydrogen) atoms. The maximum atomic E-state index is 14.3. The van der Waals surface area contributed by atoms with Crippen LogP contribution in [-0.2, 0) is 16.6 Å². The summed E-state index contributed by atoms with van der Waals surface area (Å²) in [5.41, 5.74) is 5.69. The van der Waals surface area contributed by atoms with Crippen LogP contribution in [0.5, 0.6) is 0 Å². The highest BCUT2D eigenvalue weighted by Gasteiger charge is 2.43. The minimum atomic E-state index is -4.99. The number of anilines is 1. The second kappa shape index (κ2) is 7.92. The summed E-state index contributed by atoms with van der Waals surface area (Å²) in [5.74, 6) is -0.727. The van der Waals surface area contributed by atoms with E-state index in [1.54, 1.807) is 17.7 Å². The normalized spacial score (nSPS) is 13.7. The van der Waals surface area contributed by atoms with Gasteiger partial charge >= 0.3 is 6.18 Å². The van der Waals surface area contributed by atoms with Gasteiger partial charge in [-0.15, -0.1) is 0 Å². The van der Waals surface area contributed by atoms with Crippen molar-refractivity contribution >= 4 is 49.8 Å². The van der Waals surface area contributed by atoms with Crippen LogP contribution in [0.15, 0.2) is 41.4 Å². The number of nitrogens with one attached hydrogen (secondary N) is 1. The van der Waals surface area contributed by atoms with Gasteiger partial charge in [-0.1, -0.05) is 35.3 Å². The summed E-state index contributed by atoms with van der Waals surface area (Å²) in [4.78, 5) is -0.720. The molecule has 0 amide bonds. The average molecular weight is 484 g/mol. The molecule has 0 saturated heterocycles. The lowest BCUT2D eigenvalue weighted by Crippen LogP contribution is -2.48. The molecule has 0 aliphatic rings. The number of nitrogen functional groups attached to an aromatic ring is 1. The topological polar surface area (TPSA) is 77.1 Å². The molecule has 1 atom stereocenters. The van der Waals surface area contributed by atoms with E-state index in [0.717, 1.165) is 22.8 Å². The molecule has 0 radical (unpaired) electrons. The van der Waals surface area contributed by atoms with Crippen molar-refractivity contribution in [3.05, 3.63) is 58.0 Å². The quantitative estimate of drug-likeness (QED) is 0.400. The Balaban J connectivity index is 2.04. The number of nitrogens with zero attached hydrogens (tertiary/aromatic N) is 1. The molecule has 0 aliphatic heterocycles. The van der Waals surface area contributed by atoms with Crippen molar-refractivity contribution in [1.29, 1.82) is 0 Å². The monoisotopic (exact) mass is 483 g/mol. The third-order valence-electron chi connectivity index (χ3n) is 4.43. The van der Waals surface area contributed by atoms with E-state index in [1.807, 2.05) is 0 Å². The van der Waals surface area contributed by atoms with Gasteiger partial charge in [0, 0.05) is 23.2 Å². The predicted octanol–water partition coefficient (Wildman–Crippen LogP) is 4.89. The summed E-state index contributed by atoms with van der Waals surface area (Å²) in [5, 5.41) is 0.0130. The molecular weight excluding hydrogens is 469 g/mol. The highest BCUT2D eigenvalue weighted by Crippen LogP contribution is 2.33. The van der Waals surface area contributed by atoms with E-state index in [1.165, 1.54) is 12.3 Å². The van der Waals surface area contributed by atoms with Crippen molar-refractivity contribution in [2.45, 2.75) is 30.6 Å². The second-order valence-electron chi connectivity index (χ2n) is 6.62. The van der Waals surface area contributed by atoms with Gasteiger partial charge in [-0.2, -0.15) is 17.9 Å². The lowest BCUT2D eigenvalue weighted by Gasteiger charge is -2.23. The Kier molecular flexibility index (Phi) is 5.98. The lowest BCUT2D eigenvalue weighted by atomic mass is 10.2. The summed E-state index contributed by atoms with van der Waals surface area (Å²) < 4.78 is 83.3. The molecule has 1 heterocycles. The number of aromatic nitrogens is 1. The van der Waals surface area contributed by atoms with Crippen molar-refractivity contribution in [3.8, 4) is 0 Å². The van der Waals surface area contributed by atoms with Gasteiger partial charge in [-0.25, -0.2) is 12.8 Å². The Hall–Kier alpha value is -2.01. The summed E-state index contributed by atoms with van der Waals surface area (Å²) in [6.45, 7) is 0.707. The molecule has 5 nitrogen and oxygen atoms in total. The van der Waals surface area contributed by atoms with Gasteiger partial charge < -0.3 is 10.3 Å². The van der Waals surface area contributed by atoms with Gasteiger partial charge in [0.15, 0.2) is 0 Å². The number of fused-ring (bicyclic) bond motifs is 1. The minimum absolute atomic E-state index is 0.0218. The average Bonchev–Trinajstić information content (AvgIpc) is 2.89. The minimum Gasteiger partial charge on any atom is -0.398 e. The molecule has 0 spiro atoms. The van der Waals surface area contributed by atoms with E-state index in [-0.39, 0.29) is 10.5 Å². The van der Waals surface area contributed by atoms with E-state index < -0.39 is 50.2 Å². The molecule has 0 bridgehead atoms. The second-order valence-corrected chi connectivity index (χ2v) is 9.12. The number of sulfonamides is 1. The molecule has 12 heteroatoms. The Bertz CT molecular complexity index is 1200. The van der Waals surface area contributed by atoms with Crippen molar-refractivity contribution < 1.29 is 26.0 Å². The molecule has 0 fully saturated rings. The van der Waals surface area contributed by atoms with Crippen molar-refractivity contribution in [2.24, 2.45) is 0 Å². The zero-order valence-electron chi connectivity index (χ0n) is 15.3. The van der Waals surface area contributed by atoms with Crippen molar-refractivity contribution in [2.75, 3.05) is 5.73 Å². The third-order valence-corrected chi connectivity index (χ3v) is 6.64. The molecule has 162 valence electrons. The Morgan fingerprint density at radius 3 is 2.50 bits per heavy atom. The molecule has 3 aromatic rings. The van der Waals surface area contributed by atoms with Crippen molar-refractivity contribution in [3.63, 3.8) is 0 Å². The van der Waals surface area contributed by atoms with Crippen LogP contribution in [-0.4, -0.2) is 25.2 Å². The molecule has 3 rings (SSSR count). The van der Waals surface area contributed by atoms with Gasteiger partial charge in [0.2, 0.25) is 10.0 Å². The van der Waals surface area contributed by atoms with Gasteiger partial charge in [-0.3, -0.25) is 0 Å². The van der Waals surface area contributed by atoms with E-state index in [9.17, 15) is 26.0 Å². The first-order valence-electron chi connectivity index (χ1n) is 8.39. The molecule has 2 aromatic carbocycles. The van der Waals surface area contributed by atoms with Gasteiger partial charge in [0.25, 0.3) is 0 Å². The fourth-order valence-corrected chi connectivity index (χ4v) is 5.35. The summed E-state index contributed by atoms with van der Waals surface area (Å²) in [6.07, 6.45) is -3.67. The van der Waals surface area contributed by atoms with Crippen LogP contribution in [0.2, 0.25) is 10.0 Å². The zero-order chi connectivity index (χ0) is 22.4. The van der Waals surface area contributed by atoms with Gasteiger partial charge in [-0.05, 0) is 30.7 Å². The Labute approximate surface area is 179 Å². The van der Waals surface area contributed by atoms with Crippen LogP contribution in [0, 0.1) is 12.7 Å². The molecule has 0 aliphatic carbocycles. The molecule has 3 N–H and O–H groups in total. The SMILES string of the molecule is Cc1cn(CC(NS(=O)(=O)c2c(N)cc(Cl)cc2Cl)C(F)(F)F)c2c(F)cccc12. The number of nitrogens with two attached hydrogens (primary N) is 1. The van der Waals surface area contributed by atoms with Crippen LogP contribution >= 0.6 is 23.2 Å². The summed E-state index contributed by atoms with van der Waals surface area (Å²) >= 11 is 11.6. The van der Waals surface area contributed by atoms with Crippen LogP contribution in [0.1, 0.15) is 5.56 Å².